The highest BCUT2D eigenvalue weighted by atomic mass is 32.2. The van der Waals surface area contributed by atoms with Crippen molar-refractivity contribution in [3.05, 3.63) is 0 Å². The van der Waals surface area contributed by atoms with Crippen LogP contribution in [0.15, 0.2) is 0 Å². The van der Waals surface area contributed by atoms with Crippen molar-refractivity contribution in [3.8, 4) is 0 Å². The van der Waals surface area contributed by atoms with E-state index in [2.05, 4.69) is 5.32 Å². The summed E-state index contributed by atoms with van der Waals surface area (Å²) in [7, 11) is 0. The molecule has 17 heavy (non-hydrogen) atoms. The number of alkyl halides is 3. The minimum Gasteiger partial charge on any atom is -0.311 e. The average molecular weight is 268 g/mol. The van der Waals surface area contributed by atoms with Crippen molar-refractivity contribution in [2.24, 2.45) is 5.92 Å². The van der Waals surface area contributed by atoms with E-state index in [9.17, 15) is 13.2 Å². The third-order valence-electron chi connectivity index (χ3n) is 3.45. The molecule has 2 rings (SSSR count). The average Bonchev–Trinajstić information content (AvgIpc) is 2.29. The van der Waals surface area contributed by atoms with Gasteiger partial charge >= 0.3 is 6.18 Å². The van der Waals surface area contributed by atoms with E-state index in [1.54, 1.807) is 0 Å². The van der Waals surface area contributed by atoms with Gasteiger partial charge in [-0.05, 0) is 19.4 Å². The standard InChI is InChI=1S/C11H19F3N2S/c12-11(13,14)9-2-1-4-16(6-9)7-10-8-17-5-3-15-10/h9-10,15H,1-8H2. The molecule has 0 aromatic carbocycles. The van der Waals surface area contributed by atoms with Gasteiger partial charge in [0, 0.05) is 37.2 Å². The molecule has 100 valence electrons. The highest BCUT2D eigenvalue weighted by Crippen LogP contribution is 2.33. The molecule has 2 aliphatic heterocycles. The predicted octanol–water partition coefficient (Wildman–Crippen LogP) is 1.97. The molecule has 2 aliphatic rings. The maximum atomic E-state index is 12.6. The number of rotatable bonds is 2. The Balaban J connectivity index is 1.80. The fraction of sp³-hybridized carbons (Fsp3) is 1.00. The Bertz CT molecular complexity index is 241. The van der Waals surface area contributed by atoms with Gasteiger partial charge in [-0.3, -0.25) is 0 Å². The summed E-state index contributed by atoms with van der Waals surface area (Å²) >= 11 is 1.89. The van der Waals surface area contributed by atoms with Crippen LogP contribution in [0.1, 0.15) is 12.8 Å². The topological polar surface area (TPSA) is 15.3 Å². The van der Waals surface area contributed by atoms with Crippen molar-refractivity contribution in [1.82, 2.24) is 10.2 Å². The summed E-state index contributed by atoms with van der Waals surface area (Å²) < 4.78 is 37.9. The summed E-state index contributed by atoms with van der Waals surface area (Å²) in [5.41, 5.74) is 0. The lowest BCUT2D eigenvalue weighted by molar-refractivity contribution is -0.186. The van der Waals surface area contributed by atoms with E-state index in [1.807, 2.05) is 16.7 Å². The minimum atomic E-state index is -4.02. The molecule has 0 aromatic heterocycles. The molecule has 0 saturated carbocycles. The van der Waals surface area contributed by atoms with E-state index < -0.39 is 12.1 Å². The first-order valence-electron chi connectivity index (χ1n) is 6.16. The molecule has 6 heteroatoms. The lowest BCUT2D eigenvalue weighted by Gasteiger charge is -2.36. The zero-order chi connectivity index (χ0) is 12.3. The van der Waals surface area contributed by atoms with E-state index in [0.29, 0.717) is 18.9 Å². The van der Waals surface area contributed by atoms with Gasteiger partial charge < -0.3 is 10.2 Å². The lowest BCUT2D eigenvalue weighted by atomic mass is 9.97. The van der Waals surface area contributed by atoms with Crippen molar-refractivity contribution in [3.63, 3.8) is 0 Å². The number of halogens is 3. The maximum Gasteiger partial charge on any atom is 0.393 e. The zero-order valence-corrected chi connectivity index (χ0v) is 10.6. The summed E-state index contributed by atoms with van der Waals surface area (Å²) in [5, 5.41) is 3.38. The Morgan fingerprint density at radius 1 is 1.35 bits per heavy atom. The van der Waals surface area contributed by atoms with E-state index in [0.717, 1.165) is 31.1 Å². The van der Waals surface area contributed by atoms with Crippen LogP contribution in [0.4, 0.5) is 13.2 Å². The number of hydrogen-bond acceptors (Lipinski definition) is 3. The quantitative estimate of drug-likeness (QED) is 0.824. The maximum absolute atomic E-state index is 12.6. The molecule has 2 heterocycles. The Morgan fingerprint density at radius 3 is 2.82 bits per heavy atom. The minimum absolute atomic E-state index is 0.187. The molecular formula is C11H19F3N2S. The van der Waals surface area contributed by atoms with Crippen LogP contribution >= 0.6 is 11.8 Å². The van der Waals surface area contributed by atoms with Crippen LogP contribution in [-0.2, 0) is 0 Å². The van der Waals surface area contributed by atoms with Gasteiger partial charge in [0.25, 0.3) is 0 Å². The summed E-state index contributed by atoms with van der Waals surface area (Å²) in [6.07, 6.45) is -3.05. The van der Waals surface area contributed by atoms with Crippen LogP contribution < -0.4 is 5.32 Å². The highest BCUT2D eigenvalue weighted by molar-refractivity contribution is 7.99. The molecule has 0 aliphatic carbocycles. The van der Waals surface area contributed by atoms with Crippen LogP contribution in [0.2, 0.25) is 0 Å². The third-order valence-corrected chi connectivity index (χ3v) is 4.58. The van der Waals surface area contributed by atoms with E-state index in [1.165, 1.54) is 0 Å². The number of nitrogens with one attached hydrogen (secondary N) is 1. The van der Waals surface area contributed by atoms with Gasteiger partial charge in [-0.2, -0.15) is 24.9 Å². The Labute approximate surface area is 104 Å². The predicted molar refractivity (Wildman–Crippen MR) is 64.3 cm³/mol. The number of piperidine rings is 1. The third kappa shape index (κ3) is 4.03. The van der Waals surface area contributed by atoms with Crippen LogP contribution in [0.25, 0.3) is 0 Å². The van der Waals surface area contributed by atoms with Gasteiger partial charge in [0.05, 0.1) is 5.92 Å². The molecule has 2 unspecified atom stereocenters. The number of nitrogens with zero attached hydrogens (tertiary/aromatic N) is 1. The molecule has 2 fully saturated rings. The number of hydrogen-bond donors (Lipinski definition) is 1. The first-order chi connectivity index (χ1) is 8.05. The highest BCUT2D eigenvalue weighted by Gasteiger charge is 2.41. The molecule has 0 aromatic rings. The molecule has 0 amide bonds. The van der Waals surface area contributed by atoms with E-state index >= 15 is 0 Å². The van der Waals surface area contributed by atoms with Crippen LogP contribution in [-0.4, -0.2) is 54.8 Å². The molecule has 1 N–H and O–H groups in total. The van der Waals surface area contributed by atoms with E-state index in [4.69, 9.17) is 0 Å². The fourth-order valence-electron chi connectivity index (χ4n) is 2.54. The van der Waals surface area contributed by atoms with Crippen molar-refractivity contribution >= 4 is 11.8 Å². The SMILES string of the molecule is FC(F)(F)C1CCCN(CC2CSCCN2)C1. The Hall–Kier alpha value is 0.0600. The Kier molecular flexibility index (Phi) is 4.60. The first kappa shape index (κ1) is 13.5. The van der Waals surface area contributed by atoms with Crippen molar-refractivity contribution < 1.29 is 13.2 Å². The molecule has 2 atom stereocenters. The number of likely N-dealkylation sites (tertiary alicyclic amines) is 1. The van der Waals surface area contributed by atoms with Crippen molar-refractivity contribution in [1.29, 1.82) is 0 Å². The number of thioether (sulfide) groups is 1. The molecule has 2 saturated heterocycles. The van der Waals surface area contributed by atoms with Crippen molar-refractivity contribution in [2.45, 2.75) is 25.1 Å². The van der Waals surface area contributed by atoms with Crippen LogP contribution in [0.5, 0.6) is 0 Å². The monoisotopic (exact) mass is 268 g/mol. The second-order valence-corrected chi connectivity index (χ2v) is 6.02. The molecule has 0 radical (unpaired) electrons. The normalized spacial score (nSPS) is 32.6. The van der Waals surface area contributed by atoms with Gasteiger partial charge in [0.15, 0.2) is 0 Å². The van der Waals surface area contributed by atoms with Gasteiger partial charge in [-0.1, -0.05) is 0 Å². The molecule has 0 spiro atoms. The van der Waals surface area contributed by atoms with Gasteiger partial charge in [0.1, 0.15) is 0 Å². The fourth-order valence-corrected chi connectivity index (χ4v) is 3.47. The summed E-state index contributed by atoms with van der Waals surface area (Å²) in [6, 6.07) is 0.362. The largest absolute Gasteiger partial charge is 0.393 e. The van der Waals surface area contributed by atoms with E-state index in [-0.39, 0.29) is 6.54 Å². The van der Waals surface area contributed by atoms with Crippen LogP contribution in [0, 0.1) is 5.92 Å². The van der Waals surface area contributed by atoms with Gasteiger partial charge in [-0.15, -0.1) is 0 Å². The zero-order valence-electron chi connectivity index (χ0n) is 9.80. The molecular weight excluding hydrogens is 249 g/mol. The van der Waals surface area contributed by atoms with Crippen LogP contribution in [0.3, 0.4) is 0 Å². The molecule has 0 bridgehead atoms. The molecule has 2 nitrogen and oxygen atoms in total. The lowest BCUT2D eigenvalue weighted by Crippen LogP contribution is -2.50. The smallest absolute Gasteiger partial charge is 0.311 e. The van der Waals surface area contributed by atoms with Crippen molar-refractivity contribution in [2.75, 3.05) is 37.7 Å². The summed E-state index contributed by atoms with van der Waals surface area (Å²) in [4.78, 5) is 1.98. The second-order valence-electron chi connectivity index (χ2n) is 4.87. The second kappa shape index (κ2) is 5.80. The Morgan fingerprint density at radius 2 is 2.18 bits per heavy atom. The first-order valence-corrected chi connectivity index (χ1v) is 7.31. The van der Waals surface area contributed by atoms with Gasteiger partial charge in [-0.25, -0.2) is 0 Å². The summed E-state index contributed by atoms with van der Waals surface area (Å²) in [6.45, 7) is 2.74. The summed E-state index contributed by atoms with van der Waals surface area (Å²) in [5.74, 6) is 1.02. The van der Waals surface area contributed by atoms with Gasteiger partial charge in [0.2, 0.25) is 0 Å².